The minimum atomic E-state index is -1.04. The third-order valence-electron chi connectivity index (χ3n) is 3.77. The maximum atomic E-state index is 11.4. The van der Waals surface area contributed by atoms with Crippen molar-refractivity contribution in [3.63, 3.8) is 0 Å². The summed E-state index contributed by atoms with van der Waals surface area (Å²) in [7, 11) is 0. The van der Waals surface area contributed by atoms with Crippen molar-refractivity contribution in [2.45, 2.75) is 23.8 Å². The fourth-order valence-electron chi connectivity index (χ4n) is 2.78. The number of benzene rings is 1. The van der Waals surface area contributed by atoms with E-state index in [0.29, 0.717) is 10.9 Å². The highest BCUT2D eigenvalue weighted by molar-refractivity contribution is 8.14. The number of alkyl halides is 1. The Bertz CT molecular complexity index is 522. The molecule has 1 fully saturated rings. The predicted molar refractivity (Wildman–Crippen MR) is 85.7 cm³/mol. The summed E-state index contributed by atoms with van der Waals surface area (Å²) in [6.07, 6.45) is 1.70. The van der Waals surface area contributed by atoms with E-state index in [1.807, 2.05) is 29.2 Å². The van der Waals surface area contributed by atoms with E-state index in [1.165, 1.54) is 0 Å². The first-order chi connectivity index (χ1) is 9.66. The highest BCUT2D eigenvalue weighted by Crippen LogP contribution is 2.47. The maximum Gasteiger partial charge on any atom is 0.178 e. The first-order valence-corrected chi connectivity index (χ1v) is 8.48. The van der Waals surface area contributed by atoms with Crippen molar-refractivity contribution in [1.82, 2.24) is 4.90 Å². The fourth-order valence-corrected chi connectivity index (χ4v) is 4.70. The highest BCUT2D eigenvalue weighted by atomic mass is 35.5. The standard InChI is InChI=1S/C14H16Cl2N2OS/c15-7-6-12-14(19,10-2-4-11(16)5-3-10)18-9-1-8-17-13(18)20-12/h2-5,12,19H,1,6-9H2/t12-,14-/m0/s1. The van der Waals surface area contributed by atoms with E-state index in [9.17, 15) is 5.11 Å². The number of aliphatic hydroxyl groups is 1. The number of aliphatic imine (C=N–C) groups is 1. The van der Waals surface area contributed by atoms with Gasteiger partial charge in [-0.1, -0.05) is 35.5 Å². The smallest absolute Gasteiger partial charge is 0.178 e. The molecule has 2 aliphatic heterocycles. The van der Waals surface area contributed by atoms with Gasteiger partial charge in [0.15, 0.2) is 10.9 Å². The van der Waals surface area contributed by atoms with E-state index in [1.54, 1.807) is 11.8 Å². The topological polar surface area (TPSA) is 35.8 Å². The number of fused-ring (bicyclic) bond motifs is 1. The molecule has 1 aromatic carbocycles. The van der Waals surface area contributed by atoms with Gasteiger partial charge in [-0.05, 0) is 25.0 Å². The van der Waals surface area contributed by atoms with Gasteiger partial charge in [-0.3, -0.25) is 4.99 Å². The molecule has 1 saturated heterocycles. The molecule has 0 radical (unpaired) electrons. The third kappa shape index (κ3) is 2.33. The second-order valence-electron chi connectivity index (χ2n) is 4.99. The van der Waals surface area contributed by atoms with Crippen LogP contribution in [0.2, 0.25) is 5.02 Å². The van der Waals surface area contributed by atoms with Gasteiger partial charge in [-0.25, -0.2) is 0 Å². The monoisotopic (exact) mass is 330 g/mol. The molecule has 108 valence electrons. The van der Waals surface area contributed by atoms with Gasteiger partial charge in [0, 0.05) is 29.6 Å². The molecule has 6 heteroatoms. The van der Waals surface area contributed by atoms with E-state index >= 15 is 0 Å². The lowest BCUT2D eigenvalue weighted by Gasteiger charge is -2.39. The zero-order chi connectivity index (χ0) is 14.2. The number of thioether (sulfide) groups is 1. The molecular weight excluding hydrogens is 315 g/mol. The minimum absolute atomic E-state index is 0.00183. The van der Waals surface area contributed by atoms with Gasteiger partial charge in [0.25, 0.3) is 0 Å². The molecular formula is C14H16Cl2N2OS. The van der Waals surface area contributed by atoms with Gasteiger partial charge in [-0.15, -0.1) is 11.6 Å². The highest BCUT2D eigenvalue weighted by Gasteiger charge is 2.52. The average molecular weight is 331 g/mol. The molecule has 0 bridgehead atoms. The van der Waals surface area contributed by atoms with Crippen LogP contribution in [0.5, 0.6) is 0 Å². The maximum absolute atomic E-state index is 11.4. The Morgan fingerprint density at radius 1 is 1.40 bits per heavy atom. The second kappa shape index (κ2) is 5.76. The minimum Gasteiger partial charge on any atom is -0.366 e. The molecule has 0 aliphatic carbocycles. The van der Waals surface area contributed by atoms with E-state index in [4.69, 9.17) is 23.2 Å². The Labute approximate surface area is 133 Å². The summed E-state index contributed by atoms with van der Waals surface area (Å²) in [5.41, 5.74) is -0.180. The Morgan fingerprint density at radius 3 is 2.85 bits per heavy atom. The number of halogens is 2. The Hall–Kier alpha value is -0.420. The van der Waals surface area contributed by atoms with Gasteiger partial charge < -0.3 is 10.0 Å². The summed E-state index contributed by atoms with van der Waals surface area (Å²) >= 11 is 13.5. The lowest BCUT2D eigenvalue weighted by molar-refractivity contribution is -0.0726. The summed E-state index contributed by atoms with van der Waals surface area (Å²) in [4.78, 5) is 6.55. The van der Waals surface area contributed by atoms with E-state index < -0.39 is 5.72 Å². The van der Waals surface area contributed by atoms with E-state index in [0.717, 1.165) is 36.7 Å². The van der Waals surface area contributed by atoms with Gasteiger partial charge in [0.2, 0.25) is 0 Å². The summed E-state index contributed by atoms with van der Waals surface area (Å²) in [5, 5.41) is 13.0. The quantitative estimate of drug-likeness (QED) is 0.864. The molecule has 0 unspecified atom stereocenters. The number of hydrogen-bond donors (Lipinski definition) is 1. The van der Waals surface area contributed by atoms with Crippen LogP contribution in [0.25, 0.3) is 0 Å². The summed E-state index contributed by atoms with van der Waals surface area (Å²) in [5.74, 6) is 0.523. The van der Waals surface area contributed by atoms with Gasteiger partial charge in [-0.2, -0.15) is 0 Å². The van der Waals surface area contributed by atoms with Crippen molar-refractivity contribution in [3.05, 3.63) is 34.9 Å². The van der Waals surface area contributed by atoms with Crippen LogP contribution in [0.4, 0.5) is 0 Å². The first kappa shape index (κ1) is 14.5. The molecule has 3 rings (SSSR count). The summed E-state index contributed by atoms with van der Waals surface area (Å²) in [6.45, 7) is 1.66. The Morgan fingerprint density at radius 2 is 2.15 bits per heavy atom. The normalized spacial score (nSPS) is 29.2. The van der Waals surface area contributed by atoms with Crippen molar-refractivity contribution in [2.24, 2.45) is 4.99 Å². The Balaban J connectivity index is 2.03. The molecule has 0 amide bonds. The van der Waals surface area contributed by atoms with Crippen LogP contribution in [0.1, 0.15) is 18.4 Å². The van der Waals surface area contributed by atoms with E-state index in [-0.39, 0.29) is 5.25 Å². The molecule has 2 heterocycles. The molecule has 20 heavy (non-hydrogen) atoms. The van der Waals surface area contributed by atoms with Crippen molar-refractivity contribution in [1.29, 1.82) is 0 Å². The zero-order valence-electron chi connectivity index (χ0n) is 10.9. The number of nitrogens with zero attached hydrogens (tertiary/aromatic N) is 2. The van der Waals surface area contributed by atoms with Crippen LogP contribution in [-0.2, 0) is 5.72 Å². The molecule has 1 aromatic rings. The van der Waals surface area contributed by atoms with Gasteiger partial charge >= 0.3 is 0 Å². The predicted octanol–water partition coefficient (Wildman–Crippen LogP) is 3.29. The fraction of sp³-hybridized carbons (Fsp3) is 0.500. The van der Waals surface area contributed by atoms with Crippen LogP contribution >= 0.6 is 35.0 Å². The molecule has 0 spiro atoms. The number of amidine groups is 1. The molecule has 1 N–H and O–H groups in total. The lowest BCUT2D eigenvalue weighted by Crippen LogP contribution is -2.50. The largest absolute Gasteiger partial charge is 0.366 e. The Kier molecular flexibility index (Phi) is 4.18. The second-order valence-corrected chi connectivity index (χ2v) is 6.97. The van der Waals surface area contributed by atoms with Crippen LogP contribution < -0.4 is 0 Å². The van der Waals surface area contributed by atoms with Crippen LogP contribution in [-0.4, -0.2) is 39.4 Å². The van der Waals surface area contributed by atoms with E-state index in [2.05, 4.69) is 4.99 Å². The molecule has 2 atom stereocenters. The lowest BCUT2D eigenvalue weighted by atomic mass is 9.95. The molecule has 3 nitrogen and oxygen atoms in total. The van der Waals surface area contributed by atoms with Crippen molar-refractivity contribution >= 4 is 40.1 Å². The average Bonchev–Trinajstić information content (AvgIpc) is 2.75. The third-order valence-corrected chi connectivity index (χ3v) is 5.65. The van der Waals surface area contributed by atoms with Crippen molar-refractivity contribution < 1.29 is 5.11 Å². The van der Waals surface area contributed by atoms with Crippen LogP contribution in [0.3, 0.4) is 0 Å². The molecule has 0 aromatic heterocycles. The van der Waals surface area contributed by atoms with Crippen LogP contribution in [0.15, 0.2) is 29.3 Å². The van der Waals surface area contributed by atoms with Crippen molar-refractivity contribution in [3.8, 4) is 0 Å². The molecule has 0 saturated carbocycles. The number of hydrogen-bond acceptors (Lipinski definition) is 4. The molecule has 2 aliphatic rings. The first-order valence-electron chi connectivity index (χ1n) is 6.69. The van der Waals surface area contributed by atoms with Gasteiger partial charge in [0.05, 0.1) is 5.25 Å². The summed E-state index contributed by atoms with van der Waals surface area (Å²) < 4.78 is 0. The zero-order valence-corrected chi connectivity index (χ0v) is 13.3. The van der Waals surface area contributed by atoms with Crippen LogP contribution in [0, 0.1) is 0 Å². The van der Waals surface area contributed by atoms with Gasteiger partial charge in [0.1, 0.15) is 0 Å². The SMILES string of the molecule is O[C@@]1(c2ccc(Cl)cc2)[C@H](CCCl)SC2=NCCCN21. The van der Waals surface area contributed by atoms with Crippen molar-refractivity contribution in [2.75, 3.05) is 19.0 Å². The number of rotatable bonds is 3. The summed E-state index contributed by atoms with van der Waals surface area (Å²) in [6, 6.07) is 7.41.